The van der Waals surface area contributed by atoms with Crippen LogP contribution in [0, 0.1) is 0 Å². The lowest BCUT2D eigenvalue weighted by Gasteiger charge is -2.22. The van der Waals surface area contributed by atoms with Crippen LogP contribution < -0.4 is 10.6 Å². The topological polar surface area (TPSA) is 111 Å². The Balaban J connectivity index is 3.04. The molecule has 0 aliphatic rings. The summed E-state index contributed by atoms with van der Waals surface area (Å²) in [7, 11) is 1.22. The second kappa shape index (κ2) is 5.55. The van der Waals surface area contributed by atoms with E-state index in [1.165, 1.54) is 14.2 Å². The lowest BCUT2D eigenvalue weighted by Crippen LogP contribution is -2.32. The van der Waals surface area contributed by atoms with E-state index in [2.05, 4.69) is 10.2 Å². The van der Waals surface area contributed by atoms with E-state index in [1.807, 2.05) is 0 Å². The van der Waals surface area contributed by atoms with Gasteiger partial charge in [0.05, 0.1) is 6.54 Å². The first kappa shape index (κ1) is 14.7. The van der Waals surface area contributed by atoms with Crippen LogP contribution in [-0.4, -0.2) is 59.0 Å². The number of rotatable bonds is 6. The lowest BCUT2D eigenvalue weighted by atomic mass is 10.5. The van der Waals surface area contributed by atoms with Crippen molar-refractivity contribution in [3.63, 3.8) is 0 Å². The quantitative estimate of drug-likeness (QED) is 0.672. The van der Waals surface area contributed by atoms with Crippen molar-refractivity contribution in [3.8, 4) is 0 Å². The molecule has 0 aliphatic heterocycles. The molecule has 1 aromatic rings. The zero-order valence-electron chi connectivity index (χ0n) is 10.8. The molecule has 0 unspecified atom stereocenters. The van der Waals surface area contributed by atoms with Crippen molar-refractivity contribution >= 4 is 21.5 Å². The third-order valence-electron chi connectivity index (χ3n) is 2.41. The van der Waals surface area contributed by atoms with Crippen molar-refractivity contribution in [2.75, 3.05) is 44.7 Å². The summed E-state index contributed by atoms with van der Waals surface area (Å²) in [5, 5.41) is 6.35. The first-order chi connectivity index (χ1) is 8.31. The Kier molecular flexibility index (Phi) is 4.54. The van der Waals surface area contributed by atoms with E-state index < -0.39 is 16.1 Å². The second-order valence-corrected chi connectivity index (χ2v) is 5.80. The number of H-pyrrole nitrogens is 1. The number of hydrogen-bond acceptors (Lipinski definition) is 7. The van der Waals surface area contributed by atoms with Gasteiger partial charge in [-0.05, 0) is 0 Å². The molecule has 1 rings (SSSR count). The number of likely N-dealkylation sites (N-methyl/N-ethyl adjacent to an activating group) is 1. The van der Waals surface area contributed by atoms with Gasteiger partial charge in [0, 0.05) is 27.5 Å². The van der Waals surface area contributed by atoms with Crippen LogP contribution in [0.3, 0.4) is 0 Å². The van der Waals surface area contributed by atoms with E-state index in [9.17, 15) is 8.42 Å². The number of ether oxygens (including phenoxy) is 2. The molecule has 0 spiro atoms. The monoisotopic (exact) mass is 278 g/mol. The minimum Gasteiger partial charge on any atom is -0.383 e. The van der Waals surface area contributed by atoms with Crippen molar-refractivity contribution in [1.82, 2.24) is 10.2 Å². The van der Waals surface area contributed by atoms with Gasteiger partial charge in [0.1, 0.15) is 5.82 Å². The SMILES string of the molecule is COC(CN(C)c1n[nH]c(N)c1S(C)(=O)=O)OC. The molecule has 0 aliphatic carbocycles. The minimum absolute atomic E-state index is 0.0176. The summed E-state index contributed by atoms with van der Waals surface area (Å²) in [6.45, 7) is 0.319. The molecule has 1 aromatic heterocycles. The highest BCUT2D eigenvalue weighted by Crippen LogP contribution is 2.27. The van der Waals surface area contributed by atoms with Gasteiger partial charge in [-0.2, -0.15) is 5.10 Å². The molecule has 0 radical (unpaired) electrons. The summed E-state index contributed by atoms with van der Waals surface area (Å²) in [6, 6.07) is 0. The molecule has 18 heavy (non-hydrogen) atoms. The van der Waals surface area contributed by atoms with Crippen LogP contribution in [0.5, 0.6) is 0 Å². The van der Waals surface area contributed by atoms with Crippen molar-refractivity contribution in [2.45, 2.75) is 11.2 Å². The fourth-order valence-electron chi connectivity index (χ4n) is 1.51. The summed E-state index contributed by atoms with van der Waals surface area (Å²) in [4.78, 5) is 1.58. The molecular formula is C9H18N4O4S. The van der Waals surface area contributed by atoms with E-state index in [-0.39, 0.29) is 16.5 Å². The Morgan fingerprint density at radius 1 is 1.44 bits per heavy atom. The Morgan fingerprint density at radius 2 is 2.00 bits per heavy atom. The predicted molar refractivity (Wildman–Crippen MR) is 67.2 cm³/mol. The second-order valence-electron chi connectivity index (χ2n) is 3.84. The maximum Gasteiger partial charge on any atom is 0.182 e. The number of hydrogen-bond donors (Lipinski definition) is 2. The van der Waals surface area contributed by atoms with E-state index in [0.717, 1.165) is 6.26 Å². The molecule has 0 saturated heterocycles. The molecule has 0 aromatic carbocycles. The molecule has 0 amide bonds. The highest BCUT2D eigenvalue weighted by atomic mass is 32.2. The third-order valence-corrected chi connectivity index (χ3v) is 3.56. The van der Waals surface area contributed by atoms with Gasteiger partial charge >= 0.3 is 0 Å². The first-order valence-electron chi connectivity index (χ1n) is 5.11. The summed E-state index contributed by atoms with van der Waals surface area (Å²) >= 11 is 0. The number of nitrogens with two attached hydrogens (primary N) is 1. The molecule has 104 valence electrons. The predicted octanol–water partition coefficient (Wildman–Crippen LogP) is -0.549. The van der Waals surface area contributed by atoms with Gasteiger partial charge in [-0.15, -0.1) is 0 Å². The van der Waals surface area contributed by atoms with Crippen LogP contribution in [0.2, 0.25) is 0 Å². The van der Waals surface area contributed by atoms with Gasteiger partial charge in [0.2, 0.25) is 0 Å². The fraction of sp³-hybridized carbons (Fsp3) is 0.667. The van der Waals surface area contributed by atoms with Crippen LogP contribution in [-0.2, 0) is 19.3 Å². The number of nitrogen functional groups attached to an aromatic ring is 1. The number of aromatic amines is 1. The maximum absolute atomic E-state index is 11.6. The molecule has 9 heteroatoms. The highest BCUT2D eigenvalue weighted by Gasteiger charge is 2.24. The average Bonchev–Trinajstić information content (AvgIpc) is 2.67. The molecule has 0 bridgehead atoms. The number of nitrogens with one attached hydrogen (secondary N) is 1. The summed E-state index contributed by atoms with van der Waals surface area (Å²) < 4.78 is 33.4. The smallest absolute Gasteiger partial charge is 0.182 e. The van der Waals surface area contributed by atoms with Gasteiger partial charge in [-0.25, -0.2) is 8.42 Å². The van der Waals surface area contributed by atoms with Crippen molar-refractivity contribution < 1.29 is 17.9 Å². The average molecular weight is 278 g/mol. The number of nitrogens with zero attached hydrogens (tertiary/aromatic N) is 2. The molecule has 8 nitrogen and oxygen atoms in total. The number of sulfone groups is 1. The molecule has 3 N–H and O–H groups in total. The Bertz CT molecular complexity index is 495. The van der Waals surface area contributed by atoms with Gasteiger partial charge < -0.3 is 20.1 Å². The van der Waals surface area contributed by atoms with Crippen LogP contribution in [0.15, 0.2) is 4.90 Å². The fourth-order valence-corrected chi connectivity index (χ4v) is 2.49. The zero-order chi connectivity index (χ0) is 13.9. The standard InChI is InChI=1S/C9H18N4O4S/c1-13(5-6(16-2)17-3)9-7(18(4,14)15)8(10)11-12-9/h6H,5H2,1-4H3,(H3,10,11,12). The molecule has 1 heterocycles. The van der Waals surface area contributed by atoms with Gasteiger partial charge in [-0.3, -0.25) is 5.10 Å². The highest BCUT2D eigenvalue weighted by molar-refractivity contribution is 7.91. The Labute approximate surface area is 106 Å². The van der Waals surface area contributed by atoms with Crippen LogP contribution in [0.4, 0.5) is 11.6 Å². The largest absolute Gasteiger partial charge is 0.383 e. The normalized spacial score (nSPS) is 12.1. The lowest BCUT2D eigenvalue weighted by molar-refractivity contribution is -0.0945. The van der Waals surface area contributed by atoms with Crippen molar-refractivity contribution in [2.24, 2.45) is 0 Å². The van der Waals surface area contributed by atoms with Gasteiger partial charge in [0.25, 0.3) is 0 Å². The van der Waals surface area contributed by atoms with E-state index in [1.54, 1.807) is 11.9 Å². The number of methoxy groups -OCH3 is 2. The molecule has 0 saturated carbocycles. The summed E-state index contributed by atoms with van der Waals surface area (Å²) in [5.41, 5.74) is 5.57. The van der Waals surface area contributed by atoms with Gasteiger partial charge in [0.15, 0.2) is 26.8 Å². The third kappa shape index (κ3) is 3.12. The van der Waals surface area contributed by atoms with Crippen molar-refractivity contribution in [1.29, 1.82) is 0 Å². The van der Waals surface area contributed by atoms with E-state index in [0.29, 0.717) is 6.54 Å². The van der Waals surface area contributed by atoms with Crippen LogP contribution >= 0.6 is 0 Å². The summed E-state index contributed by atoms with van der Waals surface area (Å²) in [6.07, 6.45) is 0.593. The Morgan fingerprint density at radius 3 is 2.44 bits per heavy atom. The van der Waals surface area contributed by atoms with Crippen LogP contribution in [0.25, 0.3) is 0 Å². The minimum atomic E-state index is -3.46. The zero-order valence-corrected chi connectivity index (χ0v) is 11.6. The molecular weight excluding hydrogens is 260 g/mol. The van der Waals surface area contributed by atoms with Gasteiger partial charge in [-0.1, -0.05) is 0 Å². The van der Waals surface area contributed by atoms with Crippen LogP contribution in [0.1, 0.15) is 0 Å². The molecule has 0 fully saturated rings. The Hall–Kier alpha value is -1.32. The first-order valence-corrected chi connectivity index (χ1v) is 7.01. The number of anilines is 2. The van der Waals surface area contributed by atoms with E-state index in [4.69, 9.17) is 15.2 Å². The molecule has 0 atom stereocenters. The number of aromatic nitrogens is 2. The maximum atomic E-state index is 11.6. The van der Waals surface area contributed by atoms with Crippen molar-refractivity contribution in [3.05, 3.63) is 0 Å². The summed E-state index contributed by atoms with van der Waals surface area (Å²) in [5.74, 6) is 0.264. The van der Waals surface area contributed by atoms with E-state index >= 15 is 0 Å².